The minimum Gasteiger partial charge on any atom is -0.267 e. The highest BCUT2D eigenvalue weighted by atomic mass is 32.2. The summed E-state index contributed by atoms with van der Waals surface area (Å²) < 4.78 is 16.5. The number of thioether (sulfide) groups is 1. The average molecular weight is 474 g/mol. The number of thiazole rings is 1. The van der Waals surface area contributed by atoms with Crippen LogP contribution in [-0.4, -0.2) is 24.7 Å². The van der Waals surface area contributed by atoms with Gasteiger partial charge in [0, 0.05) is 35.5 Å². The minimum atomic E-state index is -0.335. The van der Waals surface area contributed by atoms with Gasteiger partial charge in [0.1, 0.15) is 5.82 Å². The topological polar surface area (TPSA) is 56.5 Å². The molecule has 3 heterocycles. The summed E-state index contributed by atoms with van der Waals surface area (Å²) in [5, 5.41) is 12.5. The first-order valence-corrected chi connectivity index (χ1v) is 12.3. The van der Waals surface area contributed by atoms with Crippen molar-refractivity contribution < 1.29 is 4.39 Å². The van der Waals surface area contributed by atoms with Crippen molar-refractivity contribution in [1.82, 2.24) is 24.7 Å². The number of aryl methyl sites for hydroxylation is 1. The summed E-state index contributed by atoms with van der Waals surface area (Å²) >= 11 is 3.14. The van der Waals surface area contributed by atoms with Crippen LogP contribution in [0.2, 0.25) is 0 Å². The van der Waals surface area contributed by atoms with E-state index in [2.05, 4.69) is 51.8 Å². The Labute approximate surface area is 199 Å². The van der Waals surface area contributed by atoms with Crippen LogP contribution in [-0.2, 0) is 12.2 Å². The van der Waals surface area contributed by atoms with Gasteiger partial charge in [-0.25, -0.2) is 9.37 Å². The maximum atomic E-state index is 14.7. The highest BCUT2D eigenvalue weighted by Crippen LogP contribution is 2.31. The van der Waals surface area contributed by atoms with Crippen molar-refractivity contribution in [1.29, 1.82) is 0 Å². The molecule has 0 atom stereocenters. The van der Waals surface area contributed by atoms with Crippen molar-refractivity contribution in [3.05, 3.63) is 106 Å². The van der Waals surface area contributed by atoms with Gasteiger partial charge in [0.15, 0.2) is 11.0 Å². The minimum absolute atomic E-state index is 0.335. The Hall–Kier alpha value is -3.36. The molecule has 0 unspecified atom stereocenters. The molecule has 0 aliphatic carbocycles. The summed E-state index contributed by atoms with van der Waals surface area (Å²) in [4.78, 5) is 8.96. The van der Waals surface area contributed by atoms with E-state index in [0.29, 0.717) is 22.4 Å². The average Bonchev–Trinajstić information content (AvgIpc) is 3.47. The van der Waals surface area contributed by atoms with Crippen LogP contribution < -0.4 is 0 Å². The maximum absolute atomic E-state index is 14.7. The third-order valence-electron chi connectivity index (χ3n) is 5.07. The van der Waals surface area contributed by atoms with Crippen LogP contribution in [0.5, 0.6) is 0 Å². The number of pyridine rings is 1. The van der Waals surface area contributed by atoms with Crippen molar-refractivity contribution in [3.63, 3.8) is 0 Å². The SMILES string of the molecule is Cc1ccc(Cc2nc(CSc3nnc(-c4cccnc4)n3-c3ccccc3F)cs2)cc1. The van der Waals surface area contributed by atoms with Crippen LogP contribution in [0, 0.1) is 12.7 Å². The first kappa shape index (κ1) is 21.5. The van der Waals surface area contributed by atoms with Gasteiger partial charge in [-0.1, -0.05) is 53.7 Å². The molecular formula is C25H20FN5S2. The Morgan fingerprint density at radius 2 is 1.85 bits per heavy atom. The van der Waals surface area contributed by atoms with E-state index in [9.17, 15) is 4.39 Å². The fourth-order valence-corrected chi connectivity index (χ4v) is 5.18. The molecule has 33 heavy (non-hydrogen) atoms. The van der Waals surface area contributed by atoms with E-state index >= 15 is 0 Å². The molecule has 5 rings (SSSR count). The molecule has 0 saturated carbocycles. The summed E-state index contributed by atoms with van der Waals surface area (Å²) in [6.07, 6.45) is 4.21. The van der Waals surface area contributed by atoms with Crippen molar-refractivity contribution in [2.75, 3.05) is 0 Å². The molecule has 3 aromatic heterocycles. The van der Waals surface area contributed by atoms with Crippen molar-refractivity contribution in [2.45, 2.75) is 24.3 Å². The van der Waals surface area contributed by atoms with E-state index in [1.54, 1.807) is 46.5 Å². The number of benzene rings is 2. The van der Waals surface area contributed by atoms with Crippen molar-refractivity contribution in [2.24, 2.45) is 0 Å². The summed E-state index contributed by atoms with van der Waals surface area (Å²) in [5.74, 6) is 0.830. The van der Waals surface area contributed by atoms with Crippen LogP contribution in [0.25, 0.3) is 17.1 Å². The Bertz CT molecular complexity index is 1360. The number of hydrogen-bond donors (Lipinski definition) is 0. The lowest BCUT2D eigenvalue weighted by Gasteiger charge is -2.10. The summed E-state index contributed by atoms with van der Waals surface area (Å²) in [5.41, 5.74) is 4.64. The molecule has 0 N–H and O–H groups in total. The zero-order chi connectivity index (χ0) is 22.6. The van der Waals surface area contributed by atoms with Gasteiger partial charge in [-0.15, -0.1) is 21.5 Å². The third kappa shape index (κ3) is 4.86. The third-order valence-corrected chi connectivity index (χ3v) is 6.93. The predicted octanol–water partition coefficient (Wildman–Crippen LogP) is 6.12. The van der Waals surface area contributed by atoms with E-state index < -0.39 is 0 Å². The second kappa shape index (κ2) is 9.64. The van der Waals surface area contributed by atoms with E-state index in [4.69, 9.17) is 4.98 Å². The molecule has 2 aromatic carbocycles. The van der Waals surface area contributed by atoms with Crippen LogP contribution in [0.4, 0.5) is 4.39 Å². The Kier molecular flexibility index (Phi) is 6.28. The molecule has 0 spiro atoms. The molecule has 5 aromatic rings. The quantitative estimate of drug-likeness (QED) is 0.267. The summed E-state index contributed by atoms with van der Waals surface area (Å²) in [6.45, 7) is 2.09. The number of halogens is 1. The summed E-state index contributed by atoms with van der Waals surface area (Å²) in [6, 6.07) is 18.9. The number of para-hydroxylation sites is 1. The number of nitrogens with zero attached hydrogens (tertiary/aromatic N) is 5. The standard InChI is InChI=1S/C25H20FN5S2/c1-17-8-10-18(11-9-17)13-23-28-20(15-32-23)16-33-25-30-29-24(19-5-4-12-27-14-19)31(25)22-7-3-2-6-21(22)26/h2-12,14-15H,13,16H2,1H3. The molecule has 0 radical (unpaired) electrons. The second-order valence-corrected chi connectivity index (χ2v) is 9.40. The second-order valence-electron chi connectivity index (χ2n) is 7.52. The predicted molar refractivity (Wildman–Crippen MR) is 130 cm³/mol. The normalized spacial score (nSPS) is 11.1. The molecule has 164 valence electrons. The molecule has 5 nitrogen and oxygen atoms in total. The van der Waals surface area contributed by atoms with Gasteiger partial charge in [-0.05, 0) is 36.8 Å². The molecule has 0 bridgehead atoms. The molecule has 0 aliphatic rings. The molecule has 0 amide bonds. The monoisotopic (exact) mass is 473 g/mol. The zero-order valence-corrected chi connectivity index (χ0v) is 19.5. The largest absolute Gasteiger partial charge is 0.267 e. The lowest BCUT2D eigenvalue weighted by molar-refractivity contribution is 0.613. The highest BCUT2D eigenvalue weighted by Gasteiger charge is 2.19. The van der Waals surface area contributed by atoms with Crippen LogP contribution in [0.3, 0.4) is 0 Å². The van der Waals surface area contributed by atoms with E-state index in [1.165, 1.54) is 29.0 Å². The number of hydrogen-bond acceptors (Lipinski definition) is 6. The molecule has 8 heteroatoms. The molecule has 0 saturated heterocycles. The van der Waals surface area contributed by atoms with Crippen molar-refractivity contribution in [3.8, 4) is 17.1 Å². The summed E-state index contributed by atoms with van der Waals surface area (Å²) in [7, 11) is 0. The van der Waals surface area contributed by atoms with E-state index in [0.717, 1.165) is 22.7 Å². The zero-order valence-electron chi connectivity index (χ0n) is 17.9. The number of aromatic nitrogens is 5. The number of rotatable bonds is 7. The fourth-order valence-electron chi connectivity index (χ4n) is 3.41. The van der Waals surface area contributed by atoms with Gasteiger partial charge in [-0.3, -0.25) is 9.55 Å². The van der Waals surface area contributed by atoms with Gasteiger partial charge < -0.3 is 0 Å². The Balaban J connectivity index is 1.39. The maximum Gasteiger partial charge on any atom is 0.196 e. The smallest absolute Gasteiger partial charge is 0.196 e. The van der Waals surface area contributed by atoms with Crippen LogP contribution in [0.1, 0.15) is 21.8 Å². The van der Waals surface area contributed by atoms with Gasteiger partial charge in [0.05, 0.1) is 16.4 Å². The van der Waals surface area contributed by atoms with Gasteiger partial charge in [0.25, 0.3) is 0 Å². The van der Waals surface area contributed by atoms with E-state index in [1.807, 2.05) is 12.1 Å². The van der Waals surface area contributed by atoms with Gasteiger partial charge >= 0.3 is 0 Å². The molecule has 0 fully saturated rings. The van der Waals surface area contributed by atoms with Crippen LogP contribution in [0.15, 0.2) is 83.6 Å². The van der Waals surface area contributed by atoms with E-state index in [-0.39, 0.29) is 5.82 Å². The van der Waals surface area contributed by atoms with Crippen LogP contribution >= 0.6 is 23.1 Å². The lowest BCUT2D eigenvalue weighted by atomic mass is 10.1. The first-order valence-electron chi connectivity index (χ1n) is 10.4. The van der Waals surface area contributed by atoms with Gasteiger partial charge in [0.2, 0.25) is 0 Å². The lowest BCUT2D eigenvalue weighted by Crippen LogP contribution is -2.02. The first-order chi connectivity index (χ1) is 16.2. The van der Waals surface area contributed by atoms with Crippen molar-refractivity contribution >= 4 is 23.1 Å². The highest BCUT2D eigenvalue weighted by molar-refractivity contribution is 7.98. The Morgan fingerprint density at radius 1 is 1.00 bits per heavy atom. The fraction of sp³-hybridized carbons (Fsp3) is 0.120. The molecular weight excluding hydrogens is 453 g/mol. The molecule has 0 aliphatic heterocycles. The van der Waals surface area contributed by atoms with Gasteiger partial charge in [-0.2, -0.15) is 0 Å². The Morgan fingerprint density at radius 3 is 2.64 bits per heavy atom.